The number of rotatable bonds is 3. The summed E-state index contributed by atoms with van der Waals surface area (Å²) in [5.74, 6) is -0.979. The second-order valence-electron chi connectivity index (χ2n) is 4.98. The Kier molecular flexibility index (Phi) is 5.35. The number of ether oxygens (including phenoxy) is 1. The Bertz CT molecular complexity index is 580. The molecule has 22 heavy (non-hydrogen) atoms. The molecule has 0 aromatic heterocycles. The molecule has 1 aromatic carbocycles. The van der Waals surface area contributed by atoms with Crippen LogP contribution in [0.25, 0.3) is 0 Å². The first kappa shape index (κ1) is 15.8. The number of hydrogen-bond donors (Lipinski definition) is 2. The number of nitrogens with zero attached hydrogens (tertiary/aromatic N) is 2. The van der Waals surface area contributed by atoms with E-state index in [9.17, 15) is 14.7 Å². The van der Waals surface area contributed by atoms with E-state index in [1.807, 2.05) is 0 Å². The number of hydrazone groups is 1. The molecule has 1 saturated heterocycles. The van der Waals surface area contributed by atoms with Gasteiger partial charge in [0.05, 0.1) is 13.3 Å². The molecule has 7 heteroatoms. The first-order valence-electron chi connectivity index (χ1n) is 7.11. The molecule has 1 fully saturated rings. The van der Waals surface area contributed by atoms with Crippen molar-refractivity contribution in [2.75, 3.05) is 20.2 Å². The third-order valence-corrected chi connectivity index (χ3v) is 3.42. The van der Waals surface area contributed by atoms with Crippen LogP contribution in [0.15, 0.2) is 23.3 Å². The zero-order chi connectivity index (χ0) is 15.9. The van der Waals surface area contributed by atoms with Crippen LogP contribution in [-0.4, -0.2) is 48.2 Å². The molecule has 0 radical (unpaired) electrons. The molecule has 7 nitrogen and oxygen atoms in total. The van der Waals surface area contributed by atoms with Crippen LogP contribution < -0.4 is 10.2 Å². The number of phenols is 1. The van der Waals surface area contributed by atoms with Crippen molar-refractivity contribution in [1.82, 2.24) is 10.3 Å². The monoisotopic (exact) mass is 305 g/mol. The lowest BCUT2D eigenvalue weighted by atomic mass is 10.1. The highest BCUT2D eigenvalue weighted by Crippen LogP contribution is 2.25. The van der Waals surface area contributed by atoms with Crippen molar-refractivity contribution in [2.45, 2.75) is 19.3 Å². The van der Waals surface area contributed by atoms with Gasteiger partial charge in [0.2, 0.25) is 0 Å². The first-order chi connectivity index (χ1) is 10.6. The molecule has 2 N–H and O–H groups in total. The van der Waals surface area contributed by atoms with Gasteiger partial charge in [0.25, 0.3) is 0 Å². The number of piperidine rings is 1. The zero-order valence-corrected chi connectivity index (χ0v) is 12.4. The molecule has 1 aliphatic rings. The Labute approximate surface area is 128 Å². The van der Waals surface area contributed by atoms with Crippen molar-refractivity contribution in [3.05, 3.63) is 23.8 Å². The number of carbonyl (C=O) groups is 2. The molecular formula is C15H19N3O4. The van der Waals surface area contributed by atoms with E-state index in [1.54, 1.807) is 12.1 Å². The molecule has 0 aliphatic carbocycles. The van der Waals surface area contributed by atoms with Crippen molar-refractivity contribution in [3.63, 3.8) is 0 Å². The summed E-state index contributed by atoms with van der Waals surface area (Å²) < 4.78 is 4.97. The minimum Gasteiger partial charge on any atom is -0.504 e. The number of likely N-dealkylation sites (tertiary alicyclic amines) is 1. The maximum absolute atomic E-state index is 11.9. The number of aromatic hydroxyl groups is 1. The molecule has 0 spiro atoms. The lowest BCUT2D eigenvalue weighted by Crippen LogP contribution is -2.43. The van der Waals surface area contributed by atoms with Gasteiger partial charge < -0.3 is 14.7 Å². The number of carbonyl (C=O) groups excluding carboxylic acids is 2. The van der Waals surface area contributed by atoms with Crippen LogP contribution in [0.5, 0.6) is 11.5 Å². The summed E-state index contributed by atoms with van der Waals surface area (Å²) >= 11 is 0. The third kappa shape index (κ3) is 3.97. The first-order valence-corrected chi connectivity index (χ1v) is 7.11. The topological polar surface area (TPSA) is 91.2 Å². The normalized spacial score (nSPS) is 14.9. The van der Waals surface area contributed by atoms with Crippen LogP contribution in [0.1, 0.15) is 24.8 Å². The maximum Gasteiger partial charge on any atom is 0.329 e. The average Bonchev–Trinajstić information content (AvgIpc) is 2.56. The van der Waals surface area contributed by atoms with Crippen LogP contribution in [-0.2, 0) is 9.59 Å². The van der Waals surface area contributed by atoms with Crippen molar-refractivity contribution in [2.24, 2.45) is 5.10 Å². The van der Waals surface area contributed by atoms with E-state index in [-0.39, 0.29) is 5.75 Å². The fourth-order valence-corrected chi connectivity index (χ4v) is 2.23. The molecule has 1 aliphatic heterocycles. The molecular weight excluding hydrogens is 286 g/mol. The molecule has 0 bridgehead atoms. The number of phenolic OH excluding ortho intramolecular Hbond substituents is 1. The fourth-order valence-electron chi connectivity index (χ4n) is 2.23. The maximum atomic E-state index is 11.9. The van der Waals surface area contributed by atoms with E-state index >= 15 is 0 Å². The van der Waals surface area contributed by atoms with E-state index in [0.717, 1.165) is 19.3 Å². The zero-order valence-electron chi connectivity index (χ0n) is 12.4. The van der Waals surface area contributed by atoms with Gasteiger partial charge in [0.1, 0.15) is 0 Å². The quantitative estimate of drug-likeness (QED) is 0.492. The number of nitrogens with one attached hydrogen (secondary N) is 1. The molecule has 0 saturated carbocycles. The van der Waals surface area contributed by atoms with Crippen molar-refractivity contribution in [1.29, 1.82) is 0 Å². The number of hydrogen-bond acceptors (Lipinski definition) is 5. The van der Waals surface area contributed by atoms with Crippen molar-refractivity contribution < 1.29 is 19.4 Å². The van der Waals surface area contributed by atoms with Crippen LogP contribution in [0.3, 0.4) is 0 Å². The molecule has 1 aromatic rings. The minimum absolute atomic E-state index is 0.0176. The highest BCUT2D eigenvalue weighted by atomic mass is 16.5. The van der Waals surface area contributed by atoms with Gasteiger partial charge >= 0.3 is 11.8 Å². The highest BCUT2D eigenvalue weighted by molar-refractivity contribution is 6.35. The summed E-state index contributed by atoms with van der Waals surface area (Å²) in [6, 6.07) is 4.64. The summed E-state index contributed by atoms with van der Waals surface area (Å²) in [4.78, 5) is 25.1. The van der Waals surface area contributed by atoms with E-state index in [0.29, 0.717) is 24.4 Å². The van der Waals surface area contributed by atoms with E-state index < -0.39 is 11.8 Å². The average molecular weight is 305 g/mol. The molecule has 2 amide bonds. The van der Waals surface area contributed by atoms with E-state index in [1.165, 1.54) is 24.3 Å². The smallest absolute Gasteiger partial charge is 0.329 e. The van der Waals surface area contributed by atoms with E-state index in [4.69, 9.17) is 4.74 Å². The second kappa shape index (κ2) is 7.44. The molecule has 1 heterocycles. The van der Waals surface area contributed by atoms with Gasteiger partial charge in [0.15, 0.2) is 11.5 Å². The summed E-state index contributed by atoms with van der Waals surface area (Å²) in [5, 5.41) is 13.2. The van der Waals surface area contributed by atoms with Crippen LogP contribution >= 0.6 is 0 Å². The third-order valence-electron chi connectivity index (χ3n) is 3.42. The summed E-state index contributed by atoms with van der Waals surface area (Å²) in [5.41, 5.74) is 2.84. The summed E-state index contributed by atoms with van der Waals surface area (Å²) in [6.45, 7) is 1.23. The van der Waals surface area contributed by atoms with Gasteiger partial charge in [-0.25, -0.2) is 5.43 Å². The number of benzene rings is 1. The second-order valence-corrected chi connectivity index (χ2v) is 4.98. The summed E-state index contributed by atoms with van der Waals surface area (Å²) in [7, 11) is 1.44. The van der Waals surface area contributed by atoms with E-state index in [2.05, 4.69) is 10.5 Å². The Hall–Kier alpha value is -2.57. The molecule has 118 valence electrons. The standard InChI is InChI=1S/C15H19N3O4/c1-22-13-9-11(5-6-12(13)19)10-16-17-14(20)15(21)18-7-3-2-4-8-18/h5-6,9-10,19H,2-4,7-8H2,1H3,(H,17,20). The predicted octanol–water partition coefficient (Wildman–Crippen LogP) is 0.863. The molecule has 2 rings (SSSR count). The Balaban J connectivity index is 1.91. The number of methoxy groups -OCH3 is 1. The Morgan fingerprint density at radius 1 is 1.32 bits per heavy atom. The van der Waals surface area contributed by atoms with Crippen molar-refractivity contribution in [3.8, 4) is 11.5 Å². The van der Waals surface area contributed by atoms with Gasteiger partial charge in [-0.05, 0) is 43.0 Å². The molecule has 0 atom stereocenters. The van der Waals surface area contributed by atoms with Gasteiger partial charge in [-0.15, -0.1) is 0 Å². The fraction of sp³-hybridized carbons (Fsp3) is 0.400. The number of amides is 2. The van der Waals surface area contributed by atoms with Crippen LogP contribution in [0, 0.1) is 0 Å². The van der Waals surface area contributed by atoms with Gasteiger partial charge in [-0.2, -0.15) is 5.10 Å². The van der Waals surface area contributed by atoms with Gasteiger partial charge in [-0.3, -0.25) is 9.59 Å². The lowest BCUT2D eigenvalue weighted by molar-refractivity contribution is -0.146. The Morgan fingerprint density at radius 3 is 2.73 bits per heavy atom. The Morgan fingerprint density at radius 2 is 2.05 bits per heavy atom. The largest absolute Gasteiger partial charge is 0.504 e. The lowest BCUT2D eigenvalue weighted by Gasteiger charge is -2.25. The van der Waals surface area contributed by atoms with Gasteiger partial charge in [-0.1, -0.05) is 0 Å². The van der Waals surface area contributed by atoms with Crippen LogP contribution in [0.4, 0.5) is 0 Å². The summed E-state index contributed by atoms with van der Waals surface area (Å²) in [6.07, 6.45) is 4.32. The minimum atomic E-state index is -0.746. The van der Waals surface area contributed by atoms with Crippen molar-refractivity contribution >= 4 is 18.0 Å². The SMILES string of the molecule is COc1cc(C=NNC(=O)C(=O)N2CCCCC2)ccc1O. The highest BCUT2D eigenvalue weighted by Gasteiger charge is 2.22. The van der Waals surface area contributed by atoms with Gasteiger partial charge in [0, 0.05) is 13.1 Å². The molecule has 0 unspecified atom stereocenters. The predicted molar refractivity (Wildman–Crippen MR) is 80.8 cm³/mol. The van der Waals surface area contributed by atoms with Crippen LogP contribution in [0.2, 0.25) is 0 Å².